The van der Waals surface area contributed by atoms with E-state index in [1.165, 1.54) is 6.07 Å². The number of hydrogen-bond acceptors (Lipinski definition) is 1. The molecule has 0 aromatic heterocycles. The highest BCUT2D eigenvalue weighted by Crippen LogP contribution is 2.30. The molecule has 0 saturated carbocycles. The van der Waals surface area contributed by atoms with Crippen LogP contribution in [-0.2, 0) is 4.74 Å². The standard InChI is InChI=1S/C18H19FNO/c19-17-9-5-4-8-16(17)18(14-6-2-1-3-7-14)21-15-10-12-20-13-11-15/h1-9,15,18H,10-13H2. The third kappa shape index (κ3) is 3.49. The summed E-state index contributed by atoms with van der Waals surface area (Å²) >= 11 is 0. The summed E-state index contributed by atoms with van der Waals surface area (Å²) in [7, 11) is 0. The van der Waals surface area contributed by atoms with E-state index in [1.807, 2.05) is 36.4 Å². The normalized spacial score (nSPS) is 17.6. The Morgan fingerprint density at radius 3 is 2.33 bits per heavy atom. The van der Waals surface area contributed by atoms with Crippen molar-refractivity contribution in [3.63, 3.8) is 0 Å². The van der Waals surface area contributed by atoms with Gasteiger partial charge in [0.25, 0.3) is 0 Å². The summed E-state index contributed by atoms with van der Waals surface area (Å²) in [6, 6.07) is 16.7. The van der Waals surface area contributed by atoms with E-state index in [0.717, 1.165) is 31.5 Å². The van der Waals surface area contributed by atoms with Crippen LogP contribution in [0.5, 0.6) is 0 Å². The average Bonchev–Trinajstić information content (AvgIpc) is 2.55. The SMILES string of the molecule is Fc1ccccc1C(OC1CC[N]CC1)c1ccccc1. The molecule has 21 heavy (non-hydrogen) atoms. The van der Waals surface area contributed by atoms with Crippen molar-refractivity contribution in [2.45, 2.75) is 25.0 Å². The highest BCUT2D eigenvalue weighted by molar-refractivity contribution is 5.31. The molecule has 1 saturated heterocycles. The fourth-order valence-electron chi connectivity index (χ4n) is 2.70. The molecule has 0 spiro atoms. The first-order chi connectivity index (χ1) is 10.3. The van der Waals surface area contributed by atoms with Gasteiger partial charge in [0.2, 0.25) is 0 Å². The van der Waals surface area contributed by atoms with Gasteiger partial charge in [0.05, 0.1) is 6.10 Å². The predicted octanol–water partition coefficient (Wildman–Crippen LogP) is 3.70. The van der Waals surface area contributed by atoms with Crippen LogP contribution >= 0.6 is 0 Å². The van der Waals surface area contributed by atoms with Crippen LogP contribution < -0.4 is 5.32 Å². The zero-order valence-corrected chi connectivity index (χ0v) is 11.9. The molecule has 1 atom stereocenters. The Morgan fingerprint density at radius 2 is 1.62 bits per heavy atom. The van der Waals surface area contributed by atoms with Crippen LogP contribution in [0.4, 0.5) is 4.39 Å². The summed E-state index contributed by atoms with van der Waals surface area (Å²) in [4.78, 5) is 0. The molecule has 1 unspecified atom stereocenters. The molecule has 1 radical (unpaired) electrons. The number of benzene rings is 2. The topological polar surface area (TPSA) is 23.3 Å². The Labute approximate surface area is 125 Å². The number of nitrogens with zero attached hydrogens (tertiary/aromatic N) is 1. The number of ether oxygens (including phenoxy) is 1. The summed E-state index contributed by atoms with van der Waals surface area (Å²) in [6.45, 7) is 1.67. The second-order valence-electron chi connectivity index (χ2n) is 5.32. The van der Waals surface area contributed by atoms with Crippen LogP contribution in [-0.4, -0.2) is 19.2 Å². The lowest BCUT2D eigenvalue weighted by atomic mass is 10.00. The molecule has 0 amide bonds. The number of hydrogen-bond donors (Lipinski definition) is 0. The molecule has 0 bridgehead atoms. The van der Waals surface area contributed by atoms with Crippen molar-refractivity contribution in [1.29, 1.82) is 0 Å². The van der Waals surface area contributed by atoms with Crippen LogP contribution in [0.25, 0.3) is 0 Å². The summed E-state index contributed by atoms with van der Waals surface area (Å²) in [6.07, 6.45) is 1.62. The van der Waals surface area contributed by atoms with Crippen molar-refractivity contribution in [1.82, 2.24) is 5.32 Å². The molecule has 3 heteroatoms. The molecule has 2 aromatic rings. The third-order valence-corrected chi connectivity index (χ3v) is 3.84. The quantitative estimate of drug-likeness (QED) is 0.839. The first kappa shape index (κ1) is 14.2. The van der Waals surface area contributed by atoms with Crippen molar-refractivity contribution < 1.29 is 9.13 Å². The molecular formula is C18H19FNO. The van der Waals surface area contributed by atoms with E-state index in [-0.39, 0.29) is 18.0 Å². The zero-order valence-electron chi connectivity index (χ0n) is 11.9. The summed E-state index contributed by atoms with van der Waals surface area (Å²) < 4.78 is 20.4. The maximum atomic E-state index is 14.2. The minimum Gasteiger partial charge on any atom is -0.365 e. The average molecular weight is 284 g/mol. The molecule has 1 heterocycles. The molecular weight excluding hydrogens is 265 g/mol. The van der Waals surface area contributed by atoms with Gasteiger partial charge >= 0.3 is 0 Å². The molecule has 3 rings (SSSR count). The van der Waals surface area contributed by atoms with E-state index >= 15 is 0 Å². The maximum absolute atomic E-state index is 14.2. The van der Waals surface area contributed by atoms with Crippen LogP contribution in [0.15, 0.2) is 54.6 Å². The number of halogens is 1. The van der Waals surface area contributed by atoms with Crippen molar-refractivity contribution >= 4 is 0 Å². The summed E-state index contributed by atoms with van der Waals surface area (Å²) in [5.41, 5.74) is 1.59. The van der Waals surface area contributed by atoms with Crippen LogP contribution in [0.1, 0.15) is 30.1 Å². The van der Waals surface area contributed by atoms with E-state index in [1.54, 1.807) is 12.1 Å². The Bertz CT molecular complexity index is 566. The molecule has 109 valence electrons. The smallest absolute Gasteiger partial charge is 0.129 e. The van der Waals surface area contributed by atoms with E-state index in [2.05, 4.69) is 5.32 Å². The van der Waals surface area contributed by atoms with Gasteiger partial charge in [-0.2, -0.15) is 0 Å². The van der Waals surface area contributed by atoms with Gasteiger partial charge in [0.1, 0.15) is 11.9 Å². The zero-order chi connectivity index (χ0) is 14.5. The van der Waals surface area contributed by atoms with Gasteiger partial charge in [-0.1, -0.05) is 48.5 Å². The predicted molar refractivity (Wildman–Crippen MR) is 80.7 cm³/mol. The lowest BCUT2D eigenvalue weighted by Gasteiger charge is -2.28. The van der Waals surface area contributed by atoms with Crippen LogP contribution in [0, 0.1) is 5.82 Å². The van der Waals surface area contributed by atoms with Gasteiger partial charge in [-0.15, -0.1) is 0 Å². The highest BCUT2D eigenvalue weighted by Gasteiger charge is 2.24. The number of rotatable bonds is 4. The van der Waals surface area contributed by atoms with Gasteiger partial charge in [-0.25, -0.2) is 9.71 Å². The molecule has 2 nitrogen and oxygen atoms in total. The lowest BCUT2D eigenvalue weighted by molar-refractivity contribution is -0.00992. The van der Waals surface area contributed by atoms with Gasteiger partial charge in [-0.3, -0.25) is 0 Å². The van der Waals surface area contributed by atoms with E-state index in [4.69, 9.17) is 4.74 Å². The second kappa shape index (κ2) is 6.83. The van der Waals surface area contributed by atoms with E-state index < -0.39 is 0 Å². The minimum atomic E-state index is -0.351. The summed E-state index contributed by atoms with van der Waals surface area (Å²) in [5, 5.41) is 4.34. The molecule has 2 aromatic carbocycles. The number of piperidine rings is 1. The Morgan fingerprint density at radius 1 is 0.952 bits per heavy atom. The van der Waals surface area contributed by atoms with Crippen LogP contribution in [0.2, 0.25) is 0 Å². The lowest BCUT2D eigenvalue weighted by Crippen LogP contribution is -2.30. The Kier molecular flexibility index (Phi) is 4.63. The molecule has 1 aliphatic rings. The van der Waals surface area contributed by atoms with Crippen molar-refractivity contribution in [2.24, 2.45) is 0 Å². The van der Waals surface area contributed by atoms with Crippen LogP contribution in [0.3, 0.4) is 0 Å². The van der Waals surface area contributed by atoms with Gasteiger partial charge in [0, 0.05) is 18.7 Å². The second-order valence-corrected chi connectivity index (χ2v) is 5.32. The van der Waals surface area contributed by atoms with E-state index in [0.29, 0.717) is 5.56 Å². The van der Waals surface area contributed by atoms with Gasteiger partial charge in [-0.05, 0) is 24.5 Å². The highest BCUT2D eigenvalue weighted by atomic mass is 19.1. The maximum Gasteiger partial charge on any atom is 0.129 e. The van der Waals surface area contributed by atoms with Gasteiger partial charge < -0.3 is 4.74 Å². The fraction of sp³-hybridized carbons (Fsp3) is 0.333. The van der Waals surface area contributed by atoms with Gasteiger partial charge in [0.15, 0.2) is 0 Å². The fourth-order valence-corrected chi connectivity index (χ4v) is 2.70. The Hall–Kier alpha value is -1.71. The Balaban J connectivity index is 1.89. The molecule has 0 N–H and O–H groups in total. The molecule has 1 fully saturated rings. The molecule has 0 aliphatic carbocycles. The third-order valence-electron chi connectivity index (χ3n) is 3.84. The van der Waals surface area contributed by atoms with Crippen molar-refractivity contribution in [2.75, 3.05) is 13.1 Å². The van der Waals surface area contributed by atoms with Crippen molar-refractivity contribution in [3.05, 3.63) is 71.5 Å². The summed E-state index contributed by atoms with van der Waals surface area (Å²) in [5.74, 6) is -0.216. The van der Waals surface area contributed by atoms with Crippen molar-refractivity contribution in [3.8, 4) is 0 Å². The minimum absolute atomic E-state index is 0.146. The molecule has 1 aliphatic heterocycles. The monoisotopic (exact) mass is 284 g/mol. The first-order valence-corrected chi connectivity index (χ1v) is 7.42. The largest absolute Gasteiger partial charge is 0.365 e. The van der Waals surface area contributed by atoms with E-state index in [9.17, 15) is 4.39 Å². The first-order valence-electron chi connectivity index (χ1n) is 7.42.